The van der Waals surface area contributed by atoms with E-state index in [-0.39, 0.29) is 0 Å². The van der Waals surface area contributed by atoms with E-state index in [4.69, 9.17) is 9.47 Å². The first-order chi connectivity index (χ1) is 14.5. The Bertz CT molecular complexity index is 1060. The third-order valence-corrected chi connectivity index (χ3v) is 5.23. The Balaban J connectivity index is 2.10. The van der Waals surface area contributed by atoms with Gasteiger partial charge in [0.15, 0.2) is 0 Å². The highest BCUT2D eigenvalue weighted by molar-refractivity contribution is 6.11. The Morgan fingerprint density at radius 1 is 0.700 bits per heavy atom. The van der Waals surface area contributed by atoms with Crippen molar-refractivity contribution in [2.75, 3.05) is 13.2 Å². The first-order valence-corrected chi connectivity index (χ1v) is 11.0. The van der Waals surface area contributed by atoms with Crippen molar-refractivity contribution < 1.29 is 9.47 Å². The van der Waals surface area contributed by atoms with Gasteiger partial charge in [0.1, 0.15) is 11.5 Å². The van der Waals surface area contributed by atoms with E-state index in [2.05, 4.69) is 89.2 Å². The van der Waals surface area contributed by atoms with Crippen molar-refractivity contribution in [1.29, 1.82) is 0 Å². The molecule has 158 valence electrons. The lowest BCUT2D eigenvalue weighted by molar-refractivity contribution is 0.326. The number of benzene rings is 3. The van der Waals surface area contributed by atoms with Crippen molar-refractivity contribution in [1.82, 2.24) is 0 Å². The lowest BCUT2D eigenvalue weighted by Gasteiger charge is -2.18. The van der Waals surface area contributed by atoms with Crippen molar-refractivity contribution in [2.24, 2.45) is 0 Å². The van der Waals surface area contributed by atoms with Gasteiger partial charge in [0.25, 0.3) is 0 Å². The minimum atomic E-state index is 0.667. The monoisotopic (exact) mass is 402 g/mol. The summed E-state index contributed by atoms with van der Waals surface area (Å²) in [4.78, 5) is 0. The van der Waals surface area contributed by atoms with E-state index in [0.29, 0.717) is 13.2 Å². The van der Waals surface area contributed by atoms with Crippen LogP contribution >= 0.6 is 0 Å². The zero-order valence-corrected chi connectivity index (χ0v) is 19.0. The molecule has 0 fully saturated rings. The van der Waals surface area contributed by atoms with Crippen LogP contribution in [0, 0.1) is 0 Å². The summed E-state index contributed by atoms with van der Waals surface area (Å²) in [5.74, 6) is 1.93. The number of fused-ring (bicyclic) bond motifs is 2. The summed E-state index contributed by atoms with van der Waals surface area (Å²) in [5, 5.41) is 4.50. The van der Waals surface area contributed by atoms with Crippen LogP contribution in [-0.4, -0.2) is 13.2 Å². The third-order valence-electron chi connectivity index (χ3n) is 5.23. The number of hydrogen-bond donors (Lipinski definition) is 0. The molecule has 3 aromatic rings. The summed E-state index contributed by atoms with van der Waals surface area (Å²) < 4.78 is 12.7. The van der Waals surface area contributed by atoms with Gasteiger partial charge >= 0.3 is 0 Å². The van der Waals surface area contributed by atoms with Gasteiger partial charge in [-0.15, -0.1) is 0 Å². The Morgan fingerprint density at radius 2 is 1.20 bits per heavy atom. The molecular formula is C28H34O2. The van der Waals surface area contributed by atoms with Crippen LogP contribution in [0.1, 0.15) is 53.0 Å². The molecular weight excluding hydrogens is 368 g/mol. The number of rotatable bonds is 9. The lowest BCUT2D eigenvalue weighted by Crippen LogP contribution is -2.02. The van der Waals surface area contributed by atoms with Gasteiger partial charge in [-0.3, -0.25) is 0 Å². The molecule has 0 unspecified atom stereocenters. The second-order valence-corrected chi connectivity index (χ2v) is 8.27. The first-order valence-electron chi connectivity index (χ1n) is 11.0. The Morgan fingerprint density at radius 3 is 1.70 bits per heavy atom. The normalized spacial score (nSPS) is 10.8. The van der Waals surface area contributed by atoms with Crippen LogP contribution in [0.2, 0.25) is 0 Å². The number of allylic oxidation sites excluding steroid dienone is 2. The molecule has 0 amide bonds. The highest BCUT2D eigenvalue weighted by atomic mass is 16.5. The highest BCUT2D eigenvalue weighted by Gasteiger charge is 2.16. The van der Waals surface area contributed by atoms with Gasteiger partial charge in [0.2, 0.25) is 0 Å². The summed E-state index contributed by atoms with van der Waals surface area (Å²) in [6.07, 6.45) is 7.26. The molecule has 0 bridgehead atoms. The molecule has 0 atom stereocenters. The van der Waals surface area contributed by atoms with Crippen LogP contribution in [0.4, 0.5) is 0 Å². The molecule has 0 saturated carbocycles. The highest BCUT2D eigenvalue weighted by Crippen LogP contribution is 2.43. The van der Waals surface area contributed by atoms with Crippen LogP contribution in [0.5, 0.6) is 11.5 Å². The van der Waals surface area contributed by atoms with Crippen molar-refractivity contribution in [3.05, 3.63) is 71.3 Å². The summed E-state index contributed by atoms with van der Waals surface area (Å²) in [5.41, 5.74) is 3.95. The molecule has 2 heteroatoms. The maximum absolute atomic E-state index is 6.38. The van der Waals surface area contributed by atoms with Crippen molar-refractivity contribution in [3.63, 3.8) is 0 Å². The molecule has 3 aromatic carbocycles. The van der Waals surface area contributed by atoms with E-state index in [0.717, 1.165) is 52.3 Å². The van der Waals surface area contributed by atoms with E-state index in [1.54, 1.807) is 0 Å². The van der Waals surface area contributed by atoms with Crippen molar-refractivity contribution in [3.8, 4) is 11.5 Å². The molecule has 0 aliphatic rings. The second-order valence-electron chi connectivity index (χ2n) is 8.27. The maximum Gasteiger partial charge on any atom is 0.135 e. The van der Waals surface area contributed by atoms with Gasteiger partial charge in [-0.25, -0.2) is 0 Å². The zero-order valence-electron chi connectivity index (χ0n) is 19.0. The van der Waals surface area contributed by atoms with E-state index in [1.165, 1.54) is 16.7 Å². The maximum atomic E-state index is 6.38. The van der Waals surface area contributed by atoms with Crippen LogP contribution in [0.25, 0.3) is 21.5 Å². The standard InChI is InChI=1S/C28H34O2/c1-6-22-15-16-25-26(19-22)28(30-18-10-12-21(4)5)24-14-8-7-13-23(24)27(25)29-17-9-11-20(2)3/h7-8,11-16,19H,6,9-10,17-18H2,1-5H3. The third kappa shape index (κ3) is 5.24. The van der Waals surface area contributed by atoms with Crippen molar-refractivity contribution in [2.45, 2.75) is 53.9 Å². The fourth-order valence-corrected chi connectivity index (χ4v) is 3.69. The molecule has 0 saturated heterocycles. The number of ether oxygens (including phenoxy) is 2. The largest absolute Gasteiger partial charge is 0.492 e. The van der Waals surface area contributed by atoms with Gasteiger partial charge in [-0.05, 0) is 58.6 Å². The van der Waals surface area contributed by atoms with Gasteiger partial charge in [-0.1, -0.05) is 66.6 Å². The fourth-order valence-electron chi connectivity index (χ4n) is 3.69. The lowest BCUT2D eigenvalue weighted by atomic mass is 9.98. The average Bonchev–Trinajstić information content (AvgIpc) is 2.74. The predicted molar refractivity (Wildman–Crippen MR) is 130 cm³/mol. The second kappa shape index (κ2) is 10.3. The molecule has 0 aliphatic carbocycles. The van der Waals surface area contributed by atoms with Gasteiger partial charge in [0.05, 0.1) is 13.2 Å². The molecule has 0 heterocycles. The van der Waals surface area contributed by atoms with Crippen LogP contribution in [-0.2, 0) is 6.42 Å². The van der Waals surface area contributed by atoms with Gasteiger partial charge < -0.3 is 9.47 Å². The minimum absolute atomic E-state index is 0.667. The number of hydrogen-bond acceptors (Lipinski definition) is 2. The molecule has 0 N–H and O–H groups in total. The first kappa shape index (κ1) is 22.0. The Hall–Kier alpha value is -2.74. The van der Waals surface area contributed by atoms with Crippen LogP contribution in [0.15, 0.2) is 65.8 Å². The minimum Gasteiger partial charge on any atom is -0.492 e. The number of aryl methyl sites for hydroxylation is 1. The zero-order chi connectivity index (χ0) is 21.5. The smallest absolute Gasteiger partial charge is 0.135 e. The van der Waals surface area contributed by atoms with Crippen molar-refractivity contribution >= 4 is 21.5 Å². The quantitative estimate of drug-likeness (QED) is 0.205. The van der Waals surface area contributed by atoms with E-state index < -0.39 is 0 Å². The SMILES string of the molecule is CCc1ccc2c(OCCC=C(C)C)c3ccccc3c(OCCC=C(C)C)c2c1. The summed E-state index contributed by atoms with van der Waals surface area (Å²) in [6.45, 7) is 12.0. The van der Waals surface area contributed by atoms with Gasteiger partial charge in [0, 0.05) is 21.5 Å². The Kier molecular flexibility index (Phi) is 7.57. The van der Waals surface area contributed by atoms with Crippen LogP contribution < -0.4 is 9.47 Å². The molecule has 3 rings (SSSR count). The van der Waals surface area contributed by atoms with E-state index in [1.807, 2.05) is 0 Å². The average molecular weight is 403 g/mol. The summed E-state index contributed by atoms with van der Waals surface area (Å²) in [7, 11) is 0. The fraction of sp³-hybridized carbons (Fsp3) is 0.357. The summed E-state index contributed by atoms with van der Waals surface area (Å²) >= 11 is 0. The topological polar surface area (TPSA) is 18.5 Å². The summed E-state index contributed by atoms with van der Waals surface area (Å²) in [6, 6.07) is 15.1. The molecule has 0 aromatic heterocycles. The molecule has 2 nitrogen and oxygen atoms in total. The van der Waals surface area contributed by atoms with E-state index >= 15 is 0 Å². The van der Waals surface area contributed by atoms with Gasteiger partial charge in [-0.2, -0.15) is 0 Å². The molecule has 0 aliphatic heterocycles. The molecule has 0 radical (unpaired) electrons. The molecule has 0 spiro atoms. The van der Waals surface area contributed by atoms with E-state index in [9.17, 15) is 0 Å². The predicted octanol–water partition coefficient (Wildman–Crippen LogP) is 8.03. The van der Waals surface area contributed by atoms with Crippen LogP contribution in [0.3, 0.4) is 0 Å². The molecule has 30 heavy (non-hydrogen) atoms. The Labute approximate surface area is 181 Å².